The summed E-state index contributed by atoms with van der Waals surface area (Å²) in [4.78, 5) is 15.2. The van der Waals surface area contributed by atoms with Gasteiger partial charge in [-0.15, -0.1) is 0 Å². The third-order valence-corrected chi connectivity index (χ3v) is 8.45. The number of benzene rings is 2. The van der Waals surface area contributed by atoms with E-state index in [0.29, 0.717) is 31.1 Å². The van der Waals surface area contributed by atoms with Gasteiger partial charge < -0.3 is 5.32 Å². The number of sulfonamides is 1. The number of hydrogen-bond acceptors (Lipinski definition) is 4. The normalized spacial score (nSPS) is 18.5. The Balaban J connectivity index is 1.38. The molecule has 31 heavy (non-hydrogen) atoms. The summed E-state index contributed by atoms with van der Waals surface area (Å²) < 4.78 is 27.8. The van der Waals surface area contributed by atoms with Crippen LogP contribution in [0.15, 0.2) is 41.3 Å². The van der Waals surface area contributed by atoms with Gasteiger partial charge in [-0.1, -0.05) is 18.2 Å². The lowest BCUT2D eigenvalue weighted by molar-refractivity contribution is -0.121. The van der Waals surface area contributed by atoms with Crippen LogP contribution in [0.1, 0.15) is 35.6 Å². The minimum absolute atomic E-state index is 0.0661. The standard InChI is InChI=1S/C24H31N3O3S/c1-17-7-8-18(2)23(15-17)25-24(28)19(3)26-11-13-27(14-12-26)31(29,30)22-10-9-20-5-4-6-21(20)16-22/h7-10,15-16,19H,4-6,11-14H2,1-3H3,(H,25,28)/t19-/m1/s1. The van der Waals surface area contributed by atoms with Gasteiger partial charge in [-0.05, 0) is 80.5 Å². The molecule has 1 amide bonds. The van der Waals surface area contributed by atoms with Crippen LogP contribution in [0.4, 0.5) is 5.69 Å². The summed E-state index contributed by atoms with van der Waals surface area (Å²) in [5, 5.41) is 3.03. The first kappa shape index (κ1) is 22.0. The second-order valence-corrected chi connectivity index (χ2v) is 10.6. The highest BCUT2D eigenvalue weighted by Gasteiger charge is 2.32. The van der Waals surface area contributed by atoms with Gasteiger partial charge in [0.15, 0.2) is 0 Å². The molecule has 0 bridgehead atoms. The number of aryl methyl sites for hydroxylation is 4. The molecule has 1 fully saturated rings. The molecule has 0 spiro atoms. The zero-order valence-electron chi connectivity index (χ0n) is 18.5. The molecule has 1 N–H and O–H groups in total. The van der Waals surface area contributed by atoms with Crippen LogP contribution in [-0.2, 0) is 27.7 Å². The first-order valence-corrected chi connectivity index (χ1v) is 12.4. The highest BCUT2D eigenvalue weighted by molar-refractivity contribution is 7.89. The number of rotatable bonds is 5. The monoisotopic (exact) mass is 441 g/mol. The molecule has 1 aliphatic carbocycles. The number of carbonyl (C=O) groups excluding carboxylic acids is 1. The van der Waals surface area contributed by atoms with Crippen LogP contribution in [0.2, 0.25) is 0 Å². The summed E-state index contributed by atoms with van der Waals surface area (Å²) in [5.41, 5.74) is 5.38. The molecule has 2 aliphatic rings. The number of anilines is 1. The van der Waals surface area contributed by atoms with Crippen molar-refractivity contribution in [2.24, 2.45) is 0 Å². The Morgan fingerprint density at radius 2 is 1.68 bits per heavy atom. The van der Waals surface area contributed by atoms with Crippen LogP contribution < -0.4 is 5.32 Å². The summed E-state index contributed by atoms with van der Waals surface area (Å²) in [7, 11) is -3.51. The Morgan fingerprint density at radius 3 is 2.42 bits per heavy atom. The summed E-state index contributed by atoms with van der Waals surface area (Å²) in [6, 6.07) is 11.2. The number of fused-ring (bicyclic) bond motifs is 1. The van der Waals surface area contributed by atoms with Crippen molar-refractivity contribution >= 4 is 21.6 Å². The van der Waals surface area contributed by atoms with Crippen LogP contribution in [0.25, 0.3) is 0 Å². The van der Waals surface area contributed by atoms with E-state index in [2.05, 4.69) is 10.2 Å². The van der Waals surface area contributed by atoms with Crippen molar-refractivity contribution in [3.8, 4) is 0 Å². The Kier molecular flexibility index (Phi) is 6.19. The number of nitrogens with one attached hydrogen (secondary N) is 1. The van der Waals surface area contributed by atoms with Crippen LogP contribution in [0.3, 0.4) is 0 Å². The van der Waals surface area contributed by atoms with Crippen LogP contribution in [0, 0.1) is 13.8 Å². The molecule has 1 heterocycles. The van der Waals surface area contributed by atoms with Gasteiger partial charge in [0.1, 0.15) is 0 Å². The molecule has 6 nitrogen and oxygen atoms in total. The van der Waals surface area contributed by atoms with E-state index in [0.717, 1.165) is 41.6 Å². The van der Waals surface area contributed by atoms with E-state index in [1.807, 2.05) is 51.1 Å². The minimum Gasteiger partial charge on any atom is -0.324 e. The first-order chi connectivity index (χ1) is 14.8. The number of carbonyl (C=O) groups is 1. The molecule has 1 aliphatic heterocycles. The van der Waals surface area contributed by atoms with Gasteiger partial charge in [0.05, 0.1) is 10.9 Å². The van der Waals surface area contributed by atoms with E-state index in [9.17, 15) is 13.2 Å². The van der Waals surface area contributed by atoms with Gasteiger partial charge >= 0.3 is 0 Å². The predicted octanol–water partition coefficient (Wildman–Crippen LogP) is 3.13. The van der Waals surface area contributed by atoms with E-state index in [1.165, 1.54) is 5.56 Å². The maximum absolute atomic E-state index is 13.1. The Hall–Kier alpha value is -2.22. The average Bonchev–Trinajstić information content (AvgIpc) is 3.24. The van der Waals surface area contributed by atoms with Gasteiger partial charge in [0.25, 0.3) is 0 Å². The van der Waals surface area contributed by atoms with E-state index in [1.54, 1.807) is 10.4 Å². The quantitative estimate of drug-likeness (QED) is 0.774. The van der Waals surface area contributed by atoms with Crippen molar-refractivity contribution in [1.29, 1.82) is 0 Å². The molecule has 1 atom stereocenters. The number of nitrogens with zero attached hydrogens (tertiary/aromatic N) is 2. The van der Waals surface area contributed by atoms with E-state index in [4.69, 9.17) is 0 Å². The van der Waals surface area contributed by atoms with Crippen LogP contribution in [-0.4, -0.2) is 55.8 Å². The van der Waals surface area contributed by atoms with Gasteiger partial charge in [-0.2, -0.15) is 4.31 Å². The van der Waals surface area contributed by atoms with Crippen LogP contribution in [0.5, 0.6) is 0 Å². The Labute approximate surface area is 185 Å². The second kappa shape index (κ2) is 8.73. The van der Waals surface area contributed by atoms with Gasteiger partial charge in [0, 0.05) is 31.9 Å². The molecule has 0 saturated carbocycles. The van der Waals surface area contributed by atoms with Crippen molar-refractivity contribution in [2.45, 2.75) is 51.0 Å². The van der Waals surface area contributed by atoms with Gasteiger partial charge in [-0.3, -0.25) is 9.69 Å². The van der Waals surface area contributed by atoms with Crippen molar-refractivity contribution < 1.29 is 13.2 Å². The summed E-state index contributed by atoms with van der Waals surface area (Å²) in [5.74, 6) is -0.0661. The summed E-state index contributed by atoms with van der Waals surface area (Å²) in [6.07, 6.45) is 3.09. The third kappa shape index (κ3) is 4.54. The average molecular weight is 442 g/mol. The first-order valence-electron chi connectivity index (χ1n) is 11.0. The molecule has 0 unspecified atom stereocenters. The number of amides is 1. The topological polar surface area (TPSA) is 69.7 Å². The molecule has 1 saturated heterocycles. The lowest BCUT2D eigenvalue weighted by Gasteiger charge is -2.36. The molecule has 2 aromatic rings. The lowest BCUT2D eigenvalue weighted by Crippen LogP contribution is -2.53. The largest absolute Gasteiger partial charge is 0.324 e. The fraction of sp³-hybridized carbons (Fsp3) is 0.458. The van der Waals surface area contributed by atoms with Crippen molar-refractivity contribution in [3.63, 3.8) is 0 Å². The third-order valence-electron chi connectivity index (χ3n) is 6.56. The summed E-state index contributed by atoms with van der Waals surface area (Å²) >= 11 is 0. The van der Waals surface area contributed by atoms with E-state index < -0.39 is 10.0 Å². The van der Waals surface area contributed by atoms with E-state index in [-0.39, 0.29) is 11.9 Å². The highest BCUT2D eigenvalue weighted by Crippen LogP contribution is 2.27. The van der Waals surface area contributed by atoms with Gasteiger partial charge in [-0.25, -0.2) is 8.42 Å². The maximum atomic E-state index is 13.1. The summed E-state index contributed by atoms with van der Waals surface area (Å²) in [6.45, 7) is 7.70. The molecule has 2 aromatic carbocycles. The second-order valence-electron chi connectivity index (χ2n) is 8.71. The predicted molar refractivity (Wildman–Crippen MR) is 123 cm³/mol. The van der Waals surface area contributed by atoms with Crippen LogP contribution >= 0.6 is 0 Å². The van der Waals surface area contributed by atoms with Gasteiger partial charge in [0.2, 0.25) is 15.9 Å². The number of hydrogen-bond donors (Lipinski definition) is 1. The zero-order chi connectivity index (χ0) is 22.2. The van der Waals surface area contributed by atoms with Crippen molar-refractivity contribution in [2.75, 3.05) is 31.5 Å². The zero-order valence-corrected chi connectivity index (χ0v) is 19.3. The molecule has 0 aromatic heterocycles. The molecule has 0 radical (unpaired) electrons. The maximum Gasteiger partial charge on any atom is 0.243 e. The fourth-order valence-electron chi connectivity index (χ4n) is 4.46. The highest BCUT2D eigenvalue weighted by atomic mass is 32.2. The SMILES string of the molecule is Cc1ccc(C)c(NC(=O)[C@@H](C)N2CCN(S(=O)(=O)c3ccc4c(c3)CCC4)CC2)c1. The molecule has 4 rings (SSSR count). The smallest absolute Gasteiger partial charge is 0.243 e. The Morgan fingerprint density at radius 1 is 0.968 bits per heavy atom. The molecular formula is C24H31N3O3S. The molecule has 7 heteroatoms. The molecular weight excluding hydrogens is 410 g/mol. The van der Waals surface area contributed by atoms with E-state index >= 15 is 0 Å². The minimum atomic E-state index is -3.51. The Bertz CT molecular complexity index is 1090. The number of piperazine rings is 1. The fourth-order valence-corrected chi connectivity index (χ4v) is 5.94. The van der Waals surface area contributed by atoms with Crippen molar-refractivity contribution in [3.05, 3.63) is 58.7 Å². The lowest BCUT2D eigenvalue weighted by atomic mass is 10.1. The van der Waals surface area contributed by atoms with Crippen molar-refractivity contribution in [1.82, 2.24) is 9.21 Å². The molecule has 166 valence electrons.